The summed E-state index contributed by atoms with van der Waals surface area (Å²) >= 11 is 4.34. The number of hydrogen-bond donors (Lipinski definition) is 2. The molecule has 3 N–H and O–H groups in total. The lowest BCUT2D eigenvalue weighted by Gasteiger charge is -2.07. The molecule has 0 bridgehead atoms. The molecule has 0 atom stereocenters. The number of rotatable bonds is 5. The number of amides is 1. The van der Waals surface area contributed by atoms with E-state index in [1.165, 1.54) is 18.2 Å². The van der Waals surface area contributed by atoms with E-state index < -0.39 is 4.92 Å². The summed E-state index contributed by atoms with van der Waals surface area (Å²) in [5.74, 6) is 0.151. The number of aryl methyl sites for hydroxylation is 1. The zero-order chi connectivity index (χ0) is 17.0. The first-order valence-corrected chi connectivity index (χ1v) is 8.11. The molecule has 1 heterocycles. The number of nitrogens with zero attached hydrogens (tertiary/aromatic N) is 3. The Morgan fingerprint density at radius 1 is 1.43 bits per heavy atom. The van der Waals surface area contributed by atoms with Gasteiger partial charge in [0.1, 0.15) is 5.82 Å². The van der Waals surface area contributed by atoms with Crippen molar-refractivity contribution in [3.05, 3.63) is 44.5 Å². The van der Waals surface area contributed by atoms with Gasteiger partial charge in [-0.1, -0.05) is 11.8 Å². The minimum Gasteiger partial charge on any atom is -0.384 e. The first kappa shape index (κ1) is 17.2. The second kappa shape index (κ2) is 7.38. The summed E-state index contributed by atoms with van der Waals surface area (Å²) in [6, 6.07) is 5.75. The Morgan fingerprint density at radius 2 is 2.17 bits per heavy atom. The van der Waals surface area contributed by atoms with Gasteiger partial charge in [-0.05, 0) is 28.9 Å². The van der Waals surface area contributed by atoms with E-state index in [0.717, 1.165) is 17.5 Å². The number of carbonyl (C=O) groups is 1. The number of nitro groups is 1. The van der Waals surface area contributed by atoms with Gasteiger partial charge in [0.15, 0.2) is 5.16 Å². The molecule has 23 heavy (non-hydrogen) atoms. The van der Waals surface area contributed by atoms with E-state index in [0.29, 0.717) is 21.1 Å². The van der Waals surface area contributed by atoms with E-state index >= 15 is 0 Å². The Labute approximate surface area is 144 Å². The highest BCUT2D eigenvalue weighted by molar-refractivity contribution is 9.10. The average molecular weight is 398 g/mol. The number of benzene rings is 1. The third-order valence-electron chi connectivity index (χ3n) is 2.62. The van der Waals surface area contributed by atoms with Crippen molar-refractivity contribution < 1.29 is 9.72 Å². The van der Waals surface area contributed by atoms with Gasteiger partial charge in [-0.25, -0.2) is 9.97 Å². The van der Waals surface area contributed by atoms with Crippen molar-refractivity contribution in [3.63, 3.8) is 0 Å². The fourth-order valence-electron chi connectivity index (χ4n) is 1.66. The van der Waals surface area contributed by atoms with E-state index in [-0.39, 0.29) is 17.3 Å². The number of aromatic nitrogens is 2. The van der Waals surface area contributed by atoms with Crippen molar-refractivity contribution in [2.45, 2.75) is 12.1 Å². The molecule has 8 nitrogen and oxygen atoms in total. The number of nitrogen functional groups attached to an aromatic ring is 1. The van der Waals surface area contributed by atoms with Crippen molar-refractivity contribution >= 4 is 50.8 Å². The summed E-state index contributed by atoms with van der Waals surface area (Å²) in [5, 5.41) is 13.7. The number of halogens is 1. The van der Waals surface area contributed by atoms with Crippen LogP contribution in [0, 0.1) is 17.0 Å². The van der Waals surface area contributed by atoms with Crippen molar-refractivity contribution in [3.8, 4) is 0 Å². The molecule has 0 radical (unpaired) electrons. The van der Waals surface area contributed by atoms with Crippen molar-refractivity contribution in [2.24, 2.45) is 0 Å². The van der Waals surface area contributed by atoms with E-state index in [9.17, 15) is 14.9 Å². The SMILES string of the molecule is Cc1cc(N)nc(SCC(=O)Nc2ccc([N+](=O)[O-])cc2Br)n1. The van der Waals surface area contributed by atoms with E-state index in [1.807, 2.05) is 0 Å². The second-order valence-corrected chi connectivity index (χ2v) is 6.27. The van der Waals surface area contributed by atoms with Crippen LogP contribution in [0.25, 0.3) is 0 Å². The summed E-state index contributed by atoms with van der Waals surface area (Å²) in [5.41, 5.74) is 6.73. The highest BCUT2D eigenvalue weighted by atomic mass is 79.9. The normalized spacial score (nSPS) is 10.3. The van der Waals surface area contributed by atoms with Gasteiger partial charge >= 0.3 is 0 Å². The number of nitrogens with two attached hydrogens (primary N) is 1. The third kappa shape index (κ3) is 4.89. The van der Waals surface area contributed by atoms with Crippen LogP contribution in [0.5, 0.6) is 0 Å². The number of carbonyl (C=O) groups excluding carboxylic acids is 1. The first-order valence-electron chi connectivity index (χ1n) is 6.33. The fraction of sp³-hybridized carbons (Fsp3) is 0.154. The molecule has 0 saturated heterocycles. The Kier molecular flexibility index (Phi) is 5.50. The molecule has 1 aromatic heterocycles. The van der Waals surface area contributed by atoms with Crippen LogP contribution in [-0.2, 0) is 4.79 Å². The highest BCUT2D eigenvalue weighted by Gasteiger charge is 2.12. The van der Waals surface area contributed by atoms with Crippen LogP contribution >= 0.6 is 27.7 Å². The van der Waals surface area contributed by atoms with Crippen LogP contribution in [0.2, 0.25) is 0 Å². The molecule has 0 unspecified atom stereocenters. The Balaban J connectivity index is 1.98. The van der Waals surface area contributed by atoms with Gasteiger partial charge in [0.25, 0.3) is 5.69 Å². The molecular weight excluding hydrogens is 386 g/mol. The maximum atomic E-state index is 12.0. The number of non-ortho nitro benzene ring substituents is 1. The maximum absolute atomic E-state index is 12.0. The minimum atomic E-state index is -0.508. The topological polar surface area (TPSA) is 124 Å². The van der Waals surface area contributed by atoms with Crippen molar-refractivity contribution in [1.82, 2.24) is 9.97 Å². The molecule has 1 aromatic carbocycles. The standard InChI is InChI=1S/C13H12BrN5O3S/c1-7-4-11(15)18-13(16-7)23-6-12(20)17-10-3-2-8(19(21)22)5-9(10)14/h2-5H,6H2,1H3,(H,17,20)(H2,15,16,18). The molecule has 0 aliphatic rings. The van der Waals surface area contributed by atoms with Gasteiger partial charge < -0.3 is 11.1 Å². The van der Waals surface area contributed by atoms with Crippen LogP contribution < -0.4 is 11.1 Å². The van der Waals surface area contributed by atoms with Gasteiger partial charge in [-0.3, -0.25) is 14.9 Å². The molecule has 120 valence electrons. The van der Waals surface area contributed by atoms with E-state index in [2.05, 4.69) is 31.2 Å². The zero-order valence-electron chi connectivity index (χ0n) is 11.9. The lowest BCUT2D eigenvalue weighted by Crippen LogP contribution is -2.15. The molecule has 1 amide bonds. The van der Waals surface area contributed by atoms with Crippen LogP contribution in [-0.4, -0.2) is 26.6 Å². The largest absolute Gasteiger partial charge is 0.384 e. The van der Waals surface area contributed by atoms with E-state index in [4.69, 9.17) is 5.73 Å². The maximum Gasteiger partial charge on any atom is 0.270 e. The molecule has 2 rings (SSSR count). The quantitative estimate of drug-likeness (QED) is 0.343. The lowest BCUT2D eigenvalue weighted by atomic mass is 10.3. The Hall–Kier alpha value is -2.20. The van der Waals surface area contributed by atoms with Crippen molar-refractivity contribution in [1.29, 1.82) is 0 Å². The summed E-state index contributed by atoms with van der Waals surface area (Å²) in [7, 11) is 0. The summed E-state index contributed by atoms with van der Waals surface area (Å²) in [6.07, 6.45) is 0. The summed E-state index contributed by atoms with van der Waals surface area (Å²) in [4.78, 5) is 30.3. The molecule has 0 saturated carbocycles. The highest BCUT2D eigenvalue weighted by Crippen LogP contribution is 2.27. The second-order valence-electron chi connectivity index (χ2n) is 4.47. The van der Waals surface area contributed by atoms with E-state index in [1.54, 1.807) is 13.0 Å². The Morgan fingerprint density at radius 3 is 2.78 bits per heavy atom. The molecule has 0 aliphatic carbocycles. The van der Waals surface area contributed by atoms with Gasteiger partial charge in [0.05, 0.1) is 16.4 Å². The van der Waals surface area contributed by atoms with Crippen LogP contribution in [0.3, 0.4) is 0 Å². The summed E-state index contributed by atoms with van der Waals surface area (Å²) in [6.45, 7) is 1.79. The molecule has 0 fully saturated rings. The number of hydrogen-bond acceptors (Lipinski definition) is 7. The predicted molar refractivity (Wildman–Crippen MR) is 91.3 cm³/mol. The van der Waals surface area contributed by atoms with Crippen molar-refractivity contribution in [2.75, 3.05) is 16.8 Å². The van der Waals surface area contributed by atoms with Gasteiger partial charge in [0.2, 0.25) is 5.91 Å². The average Bonchev–Trinajstić information content (AvgIpc) is 2.46. The molecule has 10 heteroatoms. The third-order valence-corrected chi connectivity index (χ3v) is 4.13. The lowest BCUT2D eigenvalue weighted by molar-refractivity contribution is -0.384. The van der Waals surface area contributed by atoms with Gasteiger partial charge in [0, 0.05) is 28.4 Å². The molecule has 0 aliphatic heterocycles. The Bertz CT molecular complexity index is 751. The number of nitrogens with one attached hydrogen (secondary N) is 1. The molecule has 2 aromatic rings. The zero-order valence-corrected chi connectivity index (χ0v) is 14.3. The van der Waals surface area contributed by atoms with Crippen LogP contribution in [0.15, 0.2) is 33.9 Å². The smallest absolute Gasteiger partial charge is 0.270 e. The van der Waals surface area contributed by atoms with Gasteiger partial charge in [-0.2, -0.15) is 0 Å². The van der Waals surface area contributed by atoms with Crippen LogP contribution in [0.4, 0.5) is 17.2 Å². The number of nitro benzene ring substituents is 1. The fourth-order valence-corrected chi connectivity index (χ4v) is 2.84. The first-order chi connectivity index (χ1) is 10.8. The van der Waals surface area contributed by atoms with Crippen LogP contribution in [0.1, 0.15) is 5.69 Å². The number of anilines is 2. The molecular formula is C13H12BrN5O3S. The van der Waals surface area contributed by atoms with Gasteiger partial charge in [-0.15, -0.1) is 0 Å². The predicted octanol–water partition coefficient (Wildman–Crippen LogP) is 2.77. The minimum absolute atomic E-state index is 0.0621. The molecule has 0 spiro atoms. The monoisotopic (exact) mass is 397 g/mol. The summed E-state index contributed by atoms with van der Waals surface area (Å²) < 4.78 is 0.432. The number of thioether (sulfide) groups is 1.